The van der Waals surface area contributed by atoms with E-state index in [4.69, 9.17) is 4.74 Å². The van der Waals surface area contributed by atoms with Crippen LogP contribution in [-0.4, -0.2) is 11.0 Å². The Kier molecular flexibility index (Phi) is 5.75. The van der Waals surface area contributed by atoms with Crippen molar-refractivity contribution in [1.29, 1.82) is 0 Å². The summed E-state index contributed by atoms with van der Waals surface area (Å²) in [5.74, 6) is 0.583. The Morgan fingerprint density at radius 3 is 2.61 bits per heavy atom. The van der Waals surface area contributed by atoms with Crippen molar-refractivity contribution in [3.05, 3.63) is 38.3 Å². The van der Waals surface area contributed by atoms with E-state index < -0.39 is 4.92 Å². The predicted octanol–water partition coefficient (Wildman–Crippen LogP) is 4.31. The minimum atomic E-state index is -0.398. The number of nitrogens with zero attached hydrogens (tertiary/aromatic N) is 1. The van der Waals surface area contributed by atoms with Gasteiger partial charge in [-0.25, -0.2) is 0 Å². The molecule has 0 aliphatic carbocycles. The molecule has 0 saturated carbocycles. The molecule has 18 heavy (non-hydrogen) atoms. The van der Waals surface area contributed by atoms with E-state index in [1.54, 1.807) is 12.1 Å². The number of benzene rings is 1. The third-order valence-electron chi connectivity index (χ3n) is 2.55. The molecule has 1 aromatic carbocycles. The van der Waals surface area contributed by atoms with Crippen LogP contribution in [0.2, 0.25) is 0 Å². The molecule has 0 amide bonds. The fraction of sp³-hybridized carbons (Fsp3) is 0.538. The van der Waals surface area contributed by atoms with Crippen LogP contribution in [0.5, 0.6) is 0 Å². The van der Waals surface area contributed by atoms with Crippen molar-refractivity contribution in [3.8, 4) is 0 Å². The van der Waals surface area contributed by atoms with Gasteiger partial charge in [0.05, 0.1) is 22.1 Å². The number of ether oxygens (including phenoxy) is 1. The van der Waals surface area contributed by atoms with Crippen LogP contribution in [0.1, 0.15) is 32.8 Å². The van der Waals surface area contributed by atoms with Gasteiger partial charge in [0, 0.05) is 6.07 Å². The van der Waals surface area contributed by atoms with Gasteiger partial charge in [-0.05, 0) is 46.8 Å². The molecule has 0 aromatic heterocycles. The van der Waals surface area contributed by atoms with Crippen molar-refractivity contribution in [2.45, 2.75) is 39.9 Å². The second kappa shape index (κ2) is 6.85. The first-order chi connectivity index (χ1) is 8.40. The summed E-state index contributed by atoms with van der Waals surface area (Å²) in [5, 5.41) is 10.8. The first kappa shape index (κ1) is 15.1. The highest BCUT2D eigenvalue weighted by Gasteiger charge is 2.13. The minimum absolute atomic E-state index is 0.0765. The van der Waals surface area contributed by atoms with Crippen molar-refractivity contribution < 1.29 is 9.66 Å². The summed E-state index contributed by atoms with van der Waals surface area (Å²) in [6.45, 7) is 6.71. The highest BCUT2D eigenvalue weighted by Crippen LogP contribution is 2.26. The van der Waals surface area contributed by atoms with E-state index in [0.29, 0.717) is 17.0 Å². The Balaban J connectivity index is 2.63. The van der Waals surface area contributed by atoms with Crippen LogP contribution in [0.3, 0.4) is 0 Å². The Morgan fingerprint density at radius 1 is 1.39 bits per heavy atom. The van der Waals surface area contributed by atoms with Crippen LogP contribution in [0.15, 0.2) is 22.7 Å². The Morgan fingerprint density at radius 2 is 2.06 bits per heavy atom. The molecule has 5 heteroatoms. The Labute approximate surface area is 116 Å². The Hall–Kier alpha value is -0.940. The molecule has 0 aliphatic heterocycles. The monoisotopic (exact) mass is 315 g/mol. The third-order valence-corrected chi connectivity index (χ3v) is 3.22. The summed E-state index contributed by atoms with van der Waals surface area (Å²) >= 11 is 3.16. The number of hydrogen-bond acceptors (Lipinski definition) is 3. The van der Waals surface area contributed by atoms with Crippen molar-refractivity contribution in [2.24, 2.45) is 5.92 Å². The molecular weight excluding hydrogens is 298 g/mol. The summed E-state index contributed by atoms with van der Waals surface area (Å²) in [6, 6.07) is 5.06. The molecule has 0 bridgehead atoms. The predicted molar refractivity (Wildman–Crippen MR) is 74.5 cm³/mol. The highest BCUT2D eigenvalue weighted by molar-refractivity contribution is 9.10. The number of rotatable bonds is 6. The third kappa shape index (κ3) is 4.74. The number of nitro groups is 1. The average Bonchev–Trinajstić information content (AvgIpc) is 2.26. The van der Waals surface area contributed by atoms with Gasteiger partial charge in [0.25, 0.3) is 5.69 Å². The van der Waals surface area contributed by atoms with Crippen LogP contribution >= 0.6 is 15.9 Å². The molecule has 0 fully saturated rings. The SMILES string of the molecule is CC(C)CC(C)OCc1ccc(Br)c([N+](=O)[O-])c1. The molecule has 0 aliphatic rings. The van der Waals surface area contributed by atoms with Gasteiger partial charge in [-0.15, -0.1) is 0 Å². The van der Waals surface area contributed by atoms with E-state index in [-0.39, 0.29) is 11.8 Å². The normalized spacial score (nSPS) is 12.7. The summed E-state index contributed by atoms with van der Waals surface area (Å²) in [5.41, 5.74) is 0.896. The molecule has 1 aromatic rings. The van der Waals surface area contributed by atoms with Crippen LogP contribution < -0.4 is 0 Å². The highest BCUT2D eigenvalue weighted by atomic mass is 79.9. The van der Waals surface area contributed by atoms with Crippen LogP contribution in [0.4, 0.5) is 5.69 Å². The molecule has 1 atom stereocenters. The fourth-order valence-electron chi connectivity index (χ4n) is 1.76. The van der Waals surface area contributed by atoms with E-state index in [2.05, 4.69) is 29.8 Å². The lowest BCUT2D eigenvalue weighted by Crippen LogP contribution is -2.11. The maximum atomic E-state index is 10.8. The molecule has 100 valence electrons. The topological polar surface area (TPSA) is 52.4 Å². The molecule has 4 nitrogen and oxygen atoms in total. The van der Waals surface area contributed by atoms with E-state index >= 15 is 0 Å². The standard InChI is InChI=1S/C13H18BrNO3/c1-9(2)6-10(3)18-8-11-4-5-12(14)13(7-11)15(16)17/h4-5,7,9-10H,6,8H2,1-3H3. The Bertz CT molecular complexity index is 421. The average molecular weight is 316 g/mol. The van der Waals surface area contributed by atoms with Gasteiger partial charge in [-0.2, -0.15) is 0 Å². The van der Waals surface area contributed by atoms with Gasteiger partial charge in [-0.1, -0.05) is 19.9 Å². The lowest BCUT2D eigenvalue weighted by atomic mass is 10.1. The van der Waals surface area contributed by atoms with E-state index in [9.17, 15) is 10.1 Å². The molecule has 1 rings (SSSR count). The van der Waals surface area contributed by atoms with Gasteiger partial charge < -0.3 is 4.74 Å². The number of halogens is 1. The summed E-state index contributed by atoms with van der Waals surface area (Å²) < 4.78 is 6.17. The van der Waals surface area contributed by atoms with E-state index in [1.807, 2.05) is 13.0 Å². The zero-order valence-corrected chi connectivity index (χ0v) is 12.4. The maximum Gasteiger partial charge on any atom is 0.283 e. The molecule has 0 heterocycles. The maximum absolute atomic E-state index is 10.8. The van der Waals surface area contributed by atoms with Crippen molar-refractivity contribution in [2.75, 3.05) is 0 Å². The first-order valence-electron chi connectivity index (χ1n) is 5.94. The lowest BCUT2D eigenvalue weighted by molar-refractivity contribution is -0.385. The van der Waals surface area contributed by atoms with E-state index in [1.165, 1.54) is 0 Å². The smallest absolute Gasteiger partial charge is 0.283 e. The summed E-state index contributed by atoms with van der Waals surface area (Å²) in [6.07, 6.45) is 1.14. The lowest BCUT2D eigenvalue weighted by Gasteiger charge is -2.15. The minimum Gasteiger partial charge on any atom is -0.374 e. The van der Waals surface area contributed by atoms with Crippen molar-refractivity contribution in [1.82, 2.24) is 0 Å². The van der Waals surface area contributed by atoms with E-state index in [0.717, 1.165) is 12.0 Å². The molecular formula is C13H18BrNO3. The summed E-state index contributed by atoms with van der Waals surface area (Å²) in [7, 11) is 0. The van der Waals surface area contributed by atoms with Crippen LogP contribution in [-0.2, 0) is 11.3 Å². The van der Waals surface area contributed by atoms with Crippen LogP contribution in [0, 0.1) is 16.0 Å². The largest absolute Gasteiger partial charge is 0.374 e. The van der Waals surface area contributed by atoms with Gasteiger partial charge in [0.2, 0.25) is 0 Å². The first-order valence-corrected chi connectivity index (χ1v) is 6.74. The molecule has 0 N–H and O–H groups in total. The second-order valence-corrected chi connectivity index (χ2v) is 5.65. The van der Waals surface area contributed by atoms with Gasteiger partial charge in [0.15, 0.2) is 0 Å². The zero-order chi connectivity index (χ0) is 13.7. The zero-order valence-electron chi connectivity index (χ0n) is 10.9. The second-order valence-electron chi connectivity index (χ2n) is 4.79. The van der Waals surface area contributed by atoms with Crippen molar-refractivity contribution in [3.63, 3.8) is 0 Å². The van der Waals surface area contributed by atoms with Gasteiger partial charge in [-0.3, -0.25) is 10.1 Å². The fourth-order valence-corrected chi connectivity index (χ4v) is 2.15. The molecule has 0 spiro atoms. The molecule has 0 radical (unpaired) electrons. The number of nitro benzene ring substituents is 1. The van der Waals surface area contributed by atoms with Gasteiger partial charge in [0.1, 0.15) is 0 Å². The van der Waals surface area contributed by atoms with Gasteiger partial charge >= 0.3 is 0 Å². The molecule has 0 saturated heterocycles. The quantitative estimate of drug-likeness (QED) is 0.580. The number of hydrogen-bond donors (Lipinski definition) is 0. The van der Waals surface area contributed by atoms with Crippen LogP contribution in [0.25, 0.3) is 0 Å². The summed E-state index contributed by atoms with van der Waals surface area (Å²) in [4.78, 5) is 10.4. The molecule has 1 unspecified atom stereocenters. The van der Waals surface area contributed by atoms with Crippen molar-refractivity contribution >= 4 is 21.6 Å².